The van der Waals surface area contributed by atoms with E-state index in [-0.39, 0.29) is 29.2 Å². The van der Waals surface area contributed by atoms with Gasteiger partial charge in [0.2, 0.25) is 15.9 Å². The summed E-state index contributed by atoms with van der Waals surface area (Å²) >= 11 is 0. The highest BCUT2D eigenvalue weighted by molar-refractivity contribution is 7.89. The molecular weight excluding hydrogens is 505 g/mol. The van der Waals surface area contributed by atoms with Crippen LogP contribution in [0.25, 0.3) is 11.3 Å². The highest BCUT2D eigenvalue weighted by Crippen LogP contribution is 2.22. The quantitative estimate of drug-likeness (QED) is 0.428. The van der Waals surface area contributed by atoms with Gasteiger partial charge in [0.25, 0.3) is 0 Å². The number of sulfonamides is 1. The molecule has 1 fully saturated rings. The first kappa shape index (κ1) is 27.7. The Hall–Kier alpha value is -3.37. The van der Waals surface area contributed by atoms with Gasteiger partial charge in [-0.2, -0.15) is 4.31 Å². The molecule has 1 amide bonds. The standard InChI is InChI=1S/C28H34FN5O3S/c1-4-22(3)34(38(36,37)25-12-6-21(2)7-13-25)20-28(35)33-17-5-16-32(18-19-33)27-15-14-26(30-31-27)23-8-10-24(29)11-9-23/h6-15,22H,4-5,16-20H2,1-3H3/t22-/m0/s1. The number of hydrogen-bond donors (Lipinski definition) is 0. The van der Waals surface area contributed by atoms with Crippen LogP contribution in [-0.4, -0.2) is 72.5 Å². The summed E-state index contributed by atoms with van der Waals surface area (Å²) < 4.78 is 41.4. The second-order valence-corrected chi connectivity index (χ2v) is 11.5. The second-order valence-electron chi connectivity index (χ2n) is 9.63. The van der Waals surface area contributed by atoms with E-state index in [1.807, 2.05) is 32.9 Å². The highest BCUT2D eigenvalue weighted by atomic mass is 32.2. The van der Waals surface area contributed by atoms with Crippen molar-refractivity contribution < 1.29 is 17.6 Å². The summed E-state index contributed by atoms with van der Waals surface area (Å²) in [7, 11) is -3.82. The van der Waals surface area contributed by atoms with Gasteiger partial charge in [-0.1, -0.05) is 24.6 Å². The molecule has 0 aliphatic carbocycles. The Morgan fingerprint density at radius 2 is 1.68 bits per heavy atom. The van der Waals surface area contributed by atoms with Crippen LogP contribution in [-0.2, 0) is 14.8 Å². The van der Waals surface area contributed by atoms with Gasteiger partial charge in [-0.3, -0.25) is 4.79 Å². The zero-order valence-electron chi connectivity index (χ0n) is 22.0. The number of benzene rings is 2. The van der Waals surface area contributed by atoms with E-state index in [2.05, 4.69) is 15.1 Å². The maximum Gasteiger partial charge on any atom is 0.243 e. The minimum atomic E-state index is -3.82. The van der Waals surface area contributed by atoms with Crippen molar-refractivity contribution in [3.05, 3.63) is 72.0 Å². The number of aryl methyl sites for hydroxylation is 1. The van der Waals surface area contributed by atoms with Gasteiger partial charge in [0.05, 0.1) is 17.1 Å². The number of hydrogen-bond acceptors (Lipinski definition) is 6. The fourth-order valence-corrected chi connectivity index (χ4v) is 6.08. The number of anilines is 1. The van der Waals surface area contributed by atoms with Crippen LogP contribution in [0, 0.1) is 12.7 Å². The van der Waals surface area contributed by atoms with E-state index in [1.165, 1.54) is 16.4 Å². The van der Waals surface area contributed by atoms with Crippen molar-refractivity contribution in [2.45, 2.75) is 44.6 Å². The molecule has 38 heavy (non-hydrogen) atoms. The molecule has 0 radical (unpaired) electrons. The Morgan fingerprint density at radius 1 is 0.974 bits per heavy atom. The van der Waals surface area contributed by atoms with Crippen molar-refractivity contribution in [1.29, 1.82) is 0 Å². The largest absolute Gasteiger partial charge is 0.353 e. The smallest absolute Gasteiger partial charge is 0.243 e. The van der Waals surface area contributed by atoms with Gasteiger partial charge in [0.15, 0.2) is 5.82 Å². The minimum absolute atomic E-state index is 0.195. The molecular formula is C28H34FN5O3S. The Balaban J connectivity index is 1.42. The summed E-state index contributed by atoms with van der Waals surface area (Å²) in [6.07, 6.45) is 1.32. The Labute approximate surface area is 224 Å². The van der Waals surface area contributed by atoms with E-state index in [0.29, 0.717) is 44.1 Å². The van der Waals surface area contributed by atoms with E-state index in [1.54, 1.807) is 41.3 Å². The number of carbonyl (C=O) groups excluding carboxylic acids is 1. The van der Waals surface area contributed by atoms with Gasteiger partial charge in [0.1, 0.15) is 5.82 Å². The lowest BCUT2D eigenvalue weighted by atomic mass is 10.1. The average Bonchev–Trinajstić information content (AvgIpc) is 3.18. The van der Waals surface area contributed by atoms with Gasteiger partial charge in [-0.05, 0) is 75.2 Å². The van der Waals surface area contributed by atoms with Gasteiger partial charge in [-0.15, -0.1) is 10.2 Å². The Kier molecular flexibility index (Phi) is 8.73. The van der Waals surface area contributed by atoms with Crippen molar-refractivity contribution in [2.24, 2.45) is 0 Å². The predicted molar refractivity (Wildman–Crippen MR) is 146 cm³/mol. The minimum Gasteiger partial charge on any atom is -0.353 e. The number of carbonyl (C=O) groups is 1. The molecule has 1 atom stereocenters. The summed E-state index contributed by atoms with van der Waals surface area (Å²) in [5.41, 5.74) is 2.41. The summed E-state index contributed by atoms with van der Waals surface area (Å²) in [5, 5.41) is 8.66. The maximum atomic E-state index is 13.4. The van der Waals surface area contributed by atoms with Gasteiger partial charge >= 0.3 is 0 Å². The molecule has 8 nitrogen and oxygen atoms in total. The van der Waals surface area contributed by atoms with Crippen LogP contribution in [0.2, 0.25) is 0 Å². The summed E-state index contributed by atoms with van der Waals surface area (Å²) in [6, 6.07) is 16.2. The van der Waals surface area contributed by atoms with Crippen molar-refractivity contribution >= 4 is 21.7 Å². The summed E-state index contributed by atoms with van der Waals surface area (Å²) in [4.78, 5) is 17.3. The molecule has 10 heteroatoms. The zero-order valence-corrected chi connectivity index (χ0v) is 22.9. The molecule has 1 saturated heterocycles. The lowest BCUT2D eigenvalue weighted by Crippen LogP contribution is -2.47. The van der Waals surface area contributed by atoms with Crippen LogP contribution in [0.5, 0.6) is 0 Å². The first-order valence-corrected chi connectivity index (χ1v) is 14.3. The van der Waals surface area contributed by atoms with Gasteiger partial charge in [-0.25, -0.2) is 12.8 Å². The van der Waals surface area contributed by atoms with Crippen molar-refractivity contribution in [3.63, 3.8) is 0 Å². The molecule has 3 aromatic rings. The zero-order chi connectivity index (χ0) is 27.3. The van der Waals surface area contributed by atoms with Gasteiger partial charge < -0.3 is 9.80 Å². The van der Waals surface area contributed by atoms with E-state index < -0.39 is 10.0 Å². The number of halogens is 1. The van der Waals surface area contributed by atoms with Crippen molar-refractivity contribution in [1.82, 2.24) is 19.4 Å². The third-order valence-electron chi connectivity index (χ3n) is 6.96. The molecule has 1 aliphatic heterocycles. The lowest BCUT2D eigenvalue weighted by Gasteiger charge is -2.30. The van der Waals surface area contributed by atoms with Crippen LogP contribution < -0.4 is 4.90 Å². The van der Waals surface area contributed by atoms with Crippen LogP contribution in [0.4, 0.5) is 10.2 Å². The monoisotopic (exact) mass is 539 g/mol. The Morgan fingerprint density at radius 3 is 2.32 bits per heavy atom. The molecule has 0 unspecified atom stereocenters. The molecule has 0 spiro atoms. The first-order chi connectivity index (χ1) is 18.2. The molecule has 0 N–H and O–H groups in total. The molecule has 2 heterocycles. The van der Waals surface area contributed by atoms with E-state index in [4.69, 9.17) is 0 Å². The second kappa shape index (κ2) is 12.0. The Bertz CT molecular complexity index is 1330. The van der Waals surface area contributed by atoms with E-state index in [0.717, 1.165) is 17.5 Å². The van der Waals surface area contributed by atoms with Crippen molar-refractivity contribution in [3.8, 4) is 11.3 Å². The molecule has 2 aromatic carbocycles. The van der Waals surface area contributed by atoms with Crippen LogP contribution >= 0.6 is 0 Å². The molecule has 4 rings (SSSR count). The van der Waals surface area contributed by atoms with Gasteiger partial charge in [0, 0.05) is 37.8 Å². The number of aromatic nitrogens is 2. The number of amides is 1. The maximum absolute atomic E-state index is 13.4. The van der Waals surface area contributed by atoms with Crippen molar-refractivity contribution in [2.75, 3.05) is 37.6 Å². The molecule has 1 aliphatic rings. The molecule has 0 saturated carbocycles. The third kappa shape index (κ3) is 6.36. The number of rotatable bonds is 8. The highest BCUT2D eigenvalue weighted by Gasteiger charge is 2.32. The molecule has 0 bridgehead atoms. The SMILES string of the molecule is CC[C@H](C)N(CC(=O)N1CCCN(c2ccc(-c3ccc(F)cc3)nn2)CC1)S(=O)(=O)c1ccc(C)cc1. The normalized spacial score (nSPS) is 15.4. The topological polar surface area (TPSA) is 86.7 Å². The lowest BCUT2D eigenvalue weighted by molar-refractivity contribution is -0.131. The number of nitrogens with zero attached hydrogens (tertiary/aromatic N) is 5. The first-order valence-electron chi connectivity index (χ1n) is 12.9. The summed E-state index contributed by atoms with van der Waals surface area (Å²) in [6.45, 7) is 7.71. The van der Waals surface area contributed by atoms with Crippen LogP contribution in [0.3, 0.4) is 0 Å². The third-order valence-corrected chi connectivity index (χ3v) is 8.94. The van der Waals surface area contributed by atoms with E-state index in [9.17, 15) is 17.6 Å². The summed E-state index contributed by atoms with van der Waals surface area (Å²) in [5.74, 6) is 0.191. The van der Waals surface area contributed by atoms with Crippen LogP contribution in [0.15, 0.2) is 65.6 Å². The molecule has 1 aromatic heterocycles. The van der Waals surface area contributed by atoms with Crippen LogP contribution in [0.1, 0.15) is 32.3 Å². The fourth-order valence-electron chi connectivity index (χ4n) is 4.42. The predicted octanol–water partition coefficient (Wildman–Crippen LogP) is 4.12. The molecule has 202 valence electrons. The van der Waals surface area contributed by atoms with E-state index >= 15 is 0 Å². The fraction of sp³-hybridized carbons (Fsp3) is 0.393. The average molecular weight is 540 g/mol.